The van der Waals surface area contributed by atoms with Crippen molar-refractivity contribution in [1.29, 1.82) is 0 Å². The summed E-state index contributed by atoms with van der Waals surface area (Å²) in [7, 11) is -0.792. The standard InChI is InChI=1S/C14H30N2O2S/c1-4-10-15-13-8-6-5-7-9-14(13)16(2)11-12-19(3,17)18/h13-15H,4-12H2,1-3H3. The van der Waals surface area contributed by atoms with Crippen molar-refractivity contribution in [2.75, 3.05) is 32.1 Å². The van der Waals surface area contributed by atoms with Crippen LogP contribution in [0.3, 0.4) is 0 Å². The Kier molecular flexibility index (Phi) is 7.32. The van der Waals surface area contributed by atoms with E-state index in [0.29, 0.717) is 18.6 Å². The molecule has 0 aromatic heterocycles. The van der Waals surface area contributed by atoms with Crippen molar-refractivity contribution in [2.45, 2.75) is 57.5 Å². The minimum atomic E-state index is -2.86. The van der Waals surface area contributed by atoms with Gasteiger partial charge in [0.25, 0.3) is 0 Å². The third-order valence-corrected chi connectivity index (χ3v) is 4.94. The molecular weight excluding hydrogens is 260 g/mol. The van der Waals surface area contributed by atoms with E-state index in [4.69, 9.17) is 0 Å². The van der Waals surface area contributed by atoms with E-state index in [2.05, 4.69) is 24.2 Å². The zero-order valence-electron chi connectivity index (χ0n) is 12.7. The summed E-state index contributed by atoms with van der Waals surface area (Å²) in [6.07, 6.45) is 8.73. The monoisotopic (exact) mass is 290 g/mol. The van der Waals surface area contributed by atoms with Crippen molar-refractivity contribution < 1.29 is 8.42 Å². The van der Waals surface area contributed by atoms with Gasteiger partial charge in [0, 0.05) is 24.9 Å². The van der Waals surface area contributed by atoms with Crippen molar-refractivity contribution in [3.05, 3.63) is 0 Å². The Morgan fingerprint density at radius 3 is 2.53 bits per heavy atom. The number of likely N-dealkylation sites (N-methyl/N-ethyl adjacent to an activating group) is 1. The van der Waals surface area contributed by atoms with Gasteiger partial charge in [0.2, 0.25) is 0 Å². The molecule has 4 nitrogen and oxygen atoms in total. The van der Waals surface area contributed by atoms with Crippen molar-refractivity contribution in [3.63, 3.8) is 0 Å². The Hall–Kier alpha value is -0.130. The van der Waals surface area contributed by atoms with Crippen LogP contribution < -0.4 is 5.32 Å². The lowest BCUT2D eigenvalue weighted by molar-refractivity contribution is 0.190. The Morgan fingerprint density at radius 2 is 1.89 bits per heavy atom. The van der Waals surface area contributed by atoms with E-state index in [-0.39, 0.29) is 5.75 Å². The van der Waals surface area contributed by atoms with Crippen molar-refractivity contribution >= 4 is 9.84 Å². The summed E-state index contributed by atoms with van der Waals surface area (Å²) in [5, 5.41) is 3.65. The molecule has 0 saturated heterocycles. The van der Waals surface area contributed by atoms with Gasteiger partial charge in [0.1, 0.15) is 9.84 Å². The first-order chi connectivity index (χ1) is 8.94. The summed E-state index contributed by atoms with van der Waals surface area (Å²) < 4.78 is 22.6. The predicted octanol–water partition coefficient (Wildman–Crippen LogP) is 1.66. The molecule has 2 unspecified atom stereocenters. The van der Waals surface area contributed by atoms with Gasteiger partial charge in [0.15, 0.2) is 0 Å². The van der Waals surface area contributed by atoms with Crippen LogP contribution in [0.25, 0.3) is 0 Å². The number of hydrogen-bond donors (Lipinski definition) is 1. The molecule has 2 atom stereocenters. The molecule has 1 rings (SSSR count). The average molecular weight is 290 g/mol. The van der Waals surface area contributed by atoms with Crippen LogP contribution in [0.2, 0.25) is 0 Å². The SMILES string of the molecule is CCCNC1CCCCCC1N(C)CCS(C)(=O)=O. The molecule has 0 bridgehead atoms. The van der Waals surface area contributed by atoms with Crippen LogP contribution in [0, 0.1) is 0 Å². The van der Waals surface area contributed by atoms with Gasteiger partial charge in [-0.2, -0.15) is 0 Å². The van der Waals surface area contributed by atoms with Gasteiger partial charge in [-0.05, 0) is 32.9 Å². The summed E-state index contributed by atoms with van der Waals surface area (Å²) in [4.78, 5) is 2.25. The first-order valence-corrected chi connectivity index (χ1v) is 9.61. The molecule has 0 spiro atoms. The fraction of sp³-hybridized carbons (Fsp3) is 1.00. The van der Waals surface area contributed by atoms with Crippen LogP contribution in [-0.2, 0) is 9.84 Å². The largest absolute Gasteiger partial charge is 0.312 e. The van der Waals surface area contributed by atoms with Gasteiger partial charge in [-0.1, -0.05) is 26.2 Å². The highest BCUT2D eigenvalue weighted by Crippen LogP contribution is 2.21. The highest BCUT2D eigenvalue weighted by molar-refractivity contribution is 7.90. The molecule has 1 saturated carbocycles. The Morgan fingerprint density at radius 1 is 1.21 bits per heavy atom. The van der Waals surface area contributed by atoms with Gasteiger partial charge in [-0.25, -0.2) is 8.42 Å². The lowest BCUT2D eigenvalue weighted by Crippen LogP contribution is -2.49. The molecule has 1 N–H and O–H groups in total. The highest BCUT2D eigenvalue weighted by atomic mass is 32.2. The minimum Gasteiger partial charge on any atom is -0.312 e. The van der Waals surface area contributed by atoms with Crippen LogP contribution in [0.5, 0.6) is 0 Å². The summed E-state index contributed by atoms with van der Waals surface area (Å²) in [6.45, 7) is 3.89. The fourth-order valence-electron chi connectivity index (χ4n) is 2.86. The molecule has 1 fully saturated rings. The summed E-state index contributed by atoms with van der Waals surface area (Å²) >= 11 is 0. The Labute approximate surface area is 118 Å². The second-order valence-corrected chi connectivity index (χ2v) is 8.14. The van der Waals surface area contributed by atoms with Crippen molar-refractivity contribution in [1.82, 2.24) is 10.2 Å². The molecule has 1 aliphatic rings. The van der Waals surface area contributed by atoms with E-state index in [9.17, 15) is 8.42 Å². The first-order valence-electron chi connectivity index (χ1n) is 7.55. The molecule has 19 heavy (non-hydrogen) atoms. The Bertz CT molecular complexity index is 343. The topological polar surface area (TPSA) is 49.4 Å². The van der Waals surface area contributed by atoms with Crippen LogP contribution in [0.1, 0.15) is 45.4 Å². The number of nitrogens with zero attached hydrogens (tertiary/aromatic N) is 1. The van der Waals surface area contributed by atoms with Gasteiger partial charge in [-0.3, -0.25) is 0 Å². The third kappa shape index (κ3) is 6.72. The molecule has 5 heteroatoms. The molecule has 0 aromatic carbocycles. The smallest absolute Gasteiger partial charge is 0.148 e. The minimum absolute atomic E-state index is 0.264. The van der Waals surface area contributed by atoms with E-state index >= 15 is 0 Å². The molecule has 0 aromatic rings. The lowest BCUT2D eigenvalue weighted by atomic mass is 10.0. The molecule has 0 heterocycles. The first kappa shape index (κ1) is 16.9. The van der Waals surface area contributed by atoms with E-state index < -0.39 is 9.84 Å². The maximum atomic E-state index is 11.3. The second-order valence-electron chi connectivity index (χ2n) is 5.88. The molecule has 0 aliphatic heterocycles. The van der Waals surface area contributed by atoms with Gasteiger partial charge < -0.3 is 10.2 Å². The number of hydrogen-bond acceptors (Lipinski definition) is 4. The Balaban J connectivity index is 2.57. The van der Waals surface area contributed by atoms with E-state index in [0.717, 1.165) is 13.0 Å². The normalized spacial score (nSPS) is 25.5. The second kappa shape index (κ2) is 8.22. The van der Waals surface area contributed by atoms with Crippen molar-refractivity contribution in [3.8, 4) is 0 Å². The van der Waals surface area contributed by atoms with Gasteiger partial charge >= 0.3 is 0 Å². The molecule has 0 amide bonds. The lowest BCUT2D eigenvalue weighted by Gasteiger charge is -2.34. The highest BCUT2D eigenvalue weighted by Gasteiger charge is 2.26. The zero-order valence-corrected chi connectivity index (χ0v) is 13.5. The van der Waals surface area contributed by atoms with E-state index in [1.54, 1.807) is 0 Å². The third-order valence-electron chi connectivity index (χ3n) is 4.02. The number of rotatable bonds is 7. The summed E-state index contributed by atoms with van der Waals surface area (Å²) in [5.74, 6) is 0.264. The number of nitrogens with one attached hydrogen (secondary N) is 1. The molecule has 0 radical (unpaired) electrons. The maximum absolute atomic E-state index is 11.3. The van der Waals surface area contributed by atoms with Gasteiger partial charge in [-0.15, -0.1) is 0 Å². The summed E-state index contributed by atoms with van der Waals surface area (Å²) in [5.41, 5.74) is 0. The van der Waals surface area contributed by atoms with Crippen LogP contribution >= 0.6 is 0 Å². The van der Waals surface area contributed by atoms with Crippen molar-refractivity contribution in [2.24, 2.45) is 0 Å². The molecular formula is C14H30N2O2S. The summed E-state index contributed by atoms with van der Waals surface area (Å²) in [6, 6.07) is 1.00. The van der Waals surface area contributed by atoms with Crippen LogP contribution in [-0.4, -0.2) is 57.5 Å². The maximum Gasteiger partial charge on any atom is 0.148 e. The average Bonchev–Trinajstić information content (AvgIpc) is 2.57. The van der Waals surface area contributed by atoms with E-state index in [1.165, 1.54) is 38.4 Å². The zero-order chi connectivity index (χ0) is 14.3. The molecule has 114 valence electrons. The fourth-order valence-corrected chi connectivity index (χ4v) is 3.48. The van der Waals surface area contributed by atoms with E-state index in [1.807, 2.05) is 0 Å². The van der Waals surface area contributed by atoms with Gasteiger partial charge in [0.05, 0.1) is 5.75 Å². The number of sulfone groups is 1. The quantitative estimate of drug-likeness (QED) is 0.725. The van der Waals surface area contributed by atoms with Crippen LogP contribution in [0.15, 0.2) is 0 Å². The molecule has 1 aliphatic carbocycles. The predicted molar refractivity (Wildman–Crippen MR) is 81.3 cm³/mol. The van der Waals surface area contributed by atoms with Crippen LogP contribution in [0.4, 0.5) is 0 Å².